The minimum atomic E-state index is -3.51. The molecule has 2 fully saturated rings. The van der Waals surface area contributed by atoms with Crippen molar-refractivity contribution in [2.45, 2.75) is 63.1 Å². The number of aromatic amines is 1. The molecule has 3 N–H and O–H groups in total. The first kappa shape index (κ1) is 15.0. The third-order valence-electron chi connectivity index (χ3n) is 4.50. The summed E-state index contributed by atoms with van der Waals surface area (Å²) in [5.41, 5.74) is 1.58. The molecule has 7 heteroatoms. The van der Waals surface area contributed by atoms with Gasteiger partial charge in [-0.1, -0.05) is 19.3 Å². The fraction of sp³-hybridized carbons (Fsp3) is 0.786. The quantitative estimate of drug-likeness (QED) is 0.678. The van der Waals surface area contributed by atoms with E-state index in [-0.39, 0.29) is 5.03 Å². The average Bonchev–Trinajstić information content (AvgIpc) is 3.13. The number of hydrogen-bond donors (Lipinski definition) is 3. The van der Waals surface area contributed by atoms with E-state index in [2.05, 4.69) is 20.2 Å². The predicted octanol–water partition coefficient (Wildman–Crippen LogP) is 1.44. The fourth-order valence-electron chi connectivity index (χ4n) is 2.64. The van der Waals surface area contributed by atoms with Crippen LogP contribution in [-0.4, -0.2) is 31.2 Å². The number of hydrogen-bond acceptors (Lipinski definition) is 4. The van der Waals surface area contributed by atoms with Gasteiger partial charge in [-0.3, -0.25) is 5.10 Å². The maximum Gasteiger partial charge on any atom is 0.260 e. The number of aryl methyl sites for hydroxylation is 1. The molecule has 3 rings (SSSR count). The Hall–Kier alpha value is -0.920. The van der Waals surface area contributed by atoms with Crippen LogP contribution in [0.25, 0.3) is 0 Å². The lowest BCUT2D eigenvalue weighted by molar-refractivity contribution is 0.297. The Morgan fingerprint density at radius 1 is 1.29 bits per heavy atom. The number of sulfonamides is 1. The molecular formula is C14H24N4O2S. The topological polar surface area (TPSA) is 86.9 Å². The largest absolute Gasteiger partial charge is 0.310 e. The summed E-state index contributed by atoms with van der Waals surface area (Å²) < 4.78 is 27.5. The van der Waals surface area contributed by atoms with E-state index in [4.69, 9.17) is 0 Å². The minimum Gasteiger partial charge on any atom is -0.310 e. The standard InChI is InChI=1S/C14H24N4O2S/c1-10-13(9-15-12-5-6-12)14(18-17-10)21(19,20)16-8-7-11-3-2-4-11/h11-12,15-16H,2-9H2,1H3,(H,17,18). The van der Waals surface area contributed by atoms with Gasteiger partial charge in [0.25, 0.3) is 10.0 Å². The lowest BCUT2D eigenvalue weighted by Gasteiger charge is -2.25. The monoisotopic (exact) mass is 312 g/mol. The third kappa shape index (κ3) is 3.64. The minimum absolute atomic E-state index is 0.154. The number of H-pyrrole nitrogens is 1. The van der Waals surface area contributed by atoms with Crippen LogP contribution in [0.2, 0.25) is 0 Å². The molecule has 0 radical (unpaired) electrons. The number of aromatic nitrogens is 2. The van der Waals surface area contributed by atoms with E-state index in [1.807, 2.05) is 6.92 Å². The van der Waals surface area contributed by atoms with Crippen LogP contribution in [0.5, 0.6) is 0 Å². The van der Waals surface area contributed by atoms with Crippen LogP contribution in [0, 0.1) is 12.8 Å². The van der Waals surface area contributed by atoms with Crippen molar-refractivity contribution in [1.82, 2.24) is 20.2 Å². The molecule has 2 aliphatic carbocycles. The highest BCUT2D eigenvalue weighted by atomic mass is 32.2. The van der Waals surface area contributed by atoms with Gasteiger partial charge in [0.05, 0.1) is 0 Å². The van der Waals surface area contributed by atoms with E-state index in [9.17, 15) is 8.42 Å². The summed E-state index contributed by atoms with van der Waals surface area (Å²) in [6.45, 7) is 2.94. The van der Waals surface area contributed by atoms with Crippen LogP contribution in [-0.2, 0) is 16.6 Å². The highest BCUT2D eigenvalue weighted by Gasteiger charge is 2.26. The second kappa shape index (κ2) is 6.06. The first-order valence-corrected chi connectivity index (χ1v) is 9.31. The molecule has 21 heavy (non-hydrogen) atoms. The van der Waals surface area contributed by atoms with Gasteiger partial charge < -0.3 is 5.32 Å². The first-order valence-electron chi connectivity index (χ1n) is 7.83. The van der Waals surface area contributed by atoms with Crippen LogP contribution in [0.15, 0.2) is 5.03 Å². The summed E-state index contributed by atoms with van der Waals surface area (Å²) in [5, 5.41) is 10.3. The Bertz CT molecular complexity index is 588. The molecule has 0 aliphatic heterocycles. The van der Waals surface area contributed by atoms with Crippen molar-refractivity contribution in [1.29, 1.82) is 0 Å². The summed E-state index contributed by atoms with van der Waals surface area (Å²) in [6.07, 6.45) is 7.04. The lowest BCUT2D eigenvalue weighted by Crippen LogP contribution is -2.29. The smallest absolute Gasteiger partial charge is 0.260 e. The molecule has 0 atom stereocenters. The Kier molecular flexibility index (Phi) is 4.33. The fourth-order valence-corrected chi connectivity index (χ4v) is 3.88. The Morgan fingerprint density at radius 2 is 2.05 bits per heavy atom. The SMILES string of the molecule is Cc1[nH]nc(S(=O)(=O)NCCC2CCC2)c1CNC1CC1. The molecule has 1 heterocycles. The van der Waals surface area contributed by atoms with Crippen molar-refractivity contribution in [3.8, 4) is 0 Å². The van der Waals surface area contributed by atoms with Crippen molar-refractivity contribution in [2.24, 2.45) is 5.92 Å². The maximum atomic E-state index is 12.4. The average molecular weight is 312 g/mol. The van der Waals surface area contributed by atoms with Gasteiger partial charge in [-0.25, -0.2) is 13.1 Å². The lowest BCUT2D eigenvalue weighted by atomic mass is 9.83. The molecule has 118 valence electrons. The number of nitrogens with one attached hydrogen (secondary N) is 3. The van der Waals surface area contributed by atoms with Crippen LogP contribution in [0.3, 0.4) is 0 Å². The van der Waals surface area contributed by atoms with Gasteiger partial charge in [0.2, 0.25) is 0 Å². The van der Waals surface area contributed by atoms with Gasteiger partial charge in [0.15, 0.2) is 5.03 Å². The highest BCUT2D eigenvalue weighted by molar-refractivity contribution is 7.89. The molecular weight excluding hydrogens is 288 g/mol. The summed E-state index contributed by atoms with van der Waals surface area (Å²) in [5.74, 6) is 0.699. The summed E-state index contributed by atoms with van der Waals surface area (Å²) >= 11 is 0. The molecule has 0 bridgehead atoms. The molecule has 2 aliphatic rings. The van der Waals surface area contributed by atoms with Gasteiger partial charge >= 0.3 is 0 Å². The van der Waals surface area contributed by atoms with E-state index in [0.29, 0.717) is 25.0 Å². The molecule has 0 spiro atoms. The summed E-state index contributed by atoms with van der Waals surface area (Å²) in [6, 6.07) is 0.543. The molecule has 0 saturated heterocycles. The zero-order valence-electron chi connectivity index (χ0n) is 12.5. The molecule has 0 unspecified atom stereocenters. The normalized spacial score (nSPS) is 19.7. The van der Waals surface area contributed by atoms with Gasteiger partial charge in [-0.05, 0) is 32.1 Å². The zero-order chi connectivity index (χ0) is 14.9. The van der Waals surface area contributed by atoms with Gasteiger partial charge in [-0.15, -0.1) is 0 Å². The molecule has 6 nitrogen and oxygen atoms in total. The van der Waals surface area contributed by atoms with Crippen molar-refractivity contribution in [3.05, 3.63) is 11.3 Å². The Labute approximate surface area is 126 Å². The molecule has 1 aromatic heterocycles. The maximum absolute atomic E-state index is 12.4. The van der Waals surface area contributed by atoms with E-state index in [0.717, 1.165) is 17.7 Å². The number of rotatable bonds is 8. The second-order valence-corrected chi connectivity index (χ2v) is 7.95. The number of nitrogens with zero attached hydrogens (tertiary/aromatic N) is 1. The molecule has 0 amide bonds. The predicted molar refractivity (Wildman–Crippen MR) is 80.3 cm³/mol. The second-order valence-electron chi connectivity index (χ2n) is 6.27. The third-order valence-corrected chi connectivity index (χ3v) is 5.94. The highest BCUT2D eigenvalue weighted by Crippen LogP contribution is 2.29. The van der Waals surface area contributed by atoms with E-state index < -0.39 is 10.0 Å². The van der Waals surface area contributed by atoms with Crippen LogP contribution in [0.1, 0.15) is 49.8 Å². The van der Waals surface area contributed by atoms with Gasteiger partial charge in [-0.2, -0.15) is 5.10 Å². The summed E-state index contributed by atoms with van der Waals surface area (Å²) in [4.78, 5) is 0. The van der Waals surface area contributed by atoms with Crippen LogP contribution >= 0.6 is 0 Å². The Balaban J connectivity index is 1.62. The van der Waals surface area contributed by atoms with Crippen molar-refractivity contribution >= 4 is 10.0 Å². The Morgan fingerprint density at radius 3 is 2.67 bits per heavy atom. The van der Waals surface area contributed by atoms with E-state index in [1.165, 1.54) is 32.1 Å². The van der Waals surface area contributed by atoms with Crippen molar-refractivity contribution in [3.63, 3.8) is 0 Å². The van der Waals surface area contributed by atoms with Crippen molar-refractivity contribution in [2.75, 3.05) is 6.54 Å². The van der Waals surface area contributed by atoms with Crippen LogP contribution < -0.4 is 10.0 Å². The van der Waals surface area contributed by atoms with E-state index >= 15 is 0 Å². The molecule has 2 saturated carbocycles. The van der Waals surface area contributed by atoms with E-state index in [1.54, 1.807) is 0 Å². The zero-order valence-corrected chi connectivity index (χ0v) is 13.3. The van der Waals surface area contributed by atoms with Crippen LogP contribution in [0.4, 0.5) is 0 Å². The summed E-state index contributed by atoms with van der Waals surface area (Å²) in [7, 11) is -3.51. The first-order chi connectivity index (χ1) is 10.1. The van der Waals surface area contributed by atoms with Gasteiger partial charge in [0.1, 0.15) is 0 Å². The molecule has 0 aromatic carbocycles. The molecule has 1 aromatic rings. The van der Waals surface area contributed by atoms with Gasteiger partial charge in [0, 0.05) is 30.4 Å². The van der Waals surface area contributed by atoms with Crippen molar-refractivity contribution < 1.29 is 8.42 Å².